The predicted molar refractivity (Wildman–Crippen MR) is 96.1 cm³/mol. The van der Waals surface area contributed by atoms with Crippen LogP contribution in [-0.4, -0.2) is 34.2 Å². The molecule has 0 aliphatic rings. The van der Waals surface area contributed by atoms with E-state index in [9.17, 15) is 4.79 Å². The number of nitrogens with one attached hydrogen (secondary N) is 1. The standard InChI is InChI=1S/C19H22N4O2/c1-14(17-7-3-4-8-20-17)22-18(24)12-15-13-23(10-11-25-2)19-16(15)6-5-9-21-19/h3-9,13-14H,10-12H2,1-2H3,(H,22,24). The average molecular weight is 338 g/mol. The second-order valence-electron chi connectivity index (χ2n) is 5.94. The van der Waals surface area contributed by atoms with Crippen molar-refractivity contribution in [3.63, 3.8) is 0 Å². The number of ether oxygens (including phenoxy) is 1. The Morgan fingerprint density at radius 3 is 2.84 bits per heavy atom. The van der Waals surface area contributed by atoms with Crippen LogP contribution in [0.15, 0.2) is 48.9 Å². The summed E-state index contributed by atoms with van der Waals surface area (Å²) in [7, 11) is 1.67. The van der Waals surface area contributed by atoms with E-state index in [1.54, 1.807) is 19.5 Å². The van der Waals surface area contributed by atoms with E-state index >= 15 is 0 Å². The number of fused-ring (bicyclic) bond motifs is 1. The fraction of sp³-hybridized carbons (Fsp3) is 0.316. The molecule has 0 aliphatic heterocycles. The van der Waals surface area contributed by atoms with Crippen LogP contribution in [-0.2, 0) is 22.5 Å². The smallest absolute Gasteiger partial charge is 0.225 e. The number of rotatable bonds is 7. The predicted octanol–water partition coefficient (Wildman–Crippen LogP) is 2.50. The van der Waals surface area contributed by atoms with Crippen LogP contribution in [0.25, 0.3) is 11.0 Å². The lowest BCUT2D eigenvalue weighted by Gasteiger charge is -2.13. The van der Waals surface area contributed by atoms with Gasteiger partial charge in [-0.15, -0.1) is 0 Å². The first kappa shape index (κ1) is 17.1. The molecule has 1 atom stereocenters. The van der Waals surface area contributed by atoms with Gasteiger partial charge in [0.1, 0.15) is 5.65 Å². The van der Waals surface area contributed by atoms with Crippen molar-refractivity contribution < 1.29 is 9.53 Å². The molecule has 0 spiro atoms. The molecule has 3 aromatic heterocycles. The van der Waals surface area contributed by atoms with Gasteiger partial charge in [0, 0.05) is 37.6 Å². The maximum Gasteiger partial charge on any atom is 0.225 e. The highest BCUT2D eigenvalue weighted by atomic mass is 16.5. The average Bonchev–Trinajstić information content (AvgIpc) is 2.98. The topological polar surface area (TPSA) is 69.0 Å². The molecule has 0 radical (unpaired) electrons. The Labute approximate surface area is 146 Å². The number of hydrogen-bond donors (Lipinski definition) is 1. The molecule has 6 heteroatoms. The minimum Gasteiger partial charge on any atom is -0.383 e. The zero-order valence-electron chi connectivity index (χ0n) is 14.5. The molecule has 1 unspecified atom stereocenters. The highest BCUT2D eigenvalue weighted by Gasteiger charge is 2.15. The monoisotopic (exact) mass is 338 g/mol. The summed E-state index contributed by atoms with van der Waals surface area (Å²) in [5, 5.41) is 4.01. The quantitative estimate of drug-likeness (QED) is 0.719. The summed E-state index contributed by atoms with van der Waals surface area (Å²) in [6, 6.07) is 9.44. The van der Waals surface area contributed by atoms with Crippen molar-refractivity contribution in [1.29, 1.82) is 0 Å². The van der Waals surface area contributed by atoms with Crippen molar-refractivity contribution in [2.45, 2.75) is 25.9 Å². The van der Waals surface area contributed by atoms with Gasteiger partial charge in [0.2, 0.25) is 5.91 Å². The maximum absolute atomic E-state index is 12.5. The Morgan fingerprint density at radius 1 is 1.24 bits per heavy atom. The molecule has 130 valence electrons. The molecule has 0 aliphatic carbocycles. The number of amides is 1. The van der Waals surface area contributed by atoms with Crippen LogP contribution >= 0.6 is 0 Å². The third-order valence-corrected chi connectivity index (χ3v) is 4.11. The second kappa shape index (κ2) is 7.90. The highest BCUT2D eigenvalue weighted by molar-refractivity contribution is 5.87. The van der Waals surface area contributed by atoms with E-state index in [1.807, 2.05) is 48.0 Å². The van der Waals surface area contributed by atoms with Crippen molar-refractivity contribution in [3.8, 4) is 0 Å². The summed E-state index contributed by atoms with van der Waals surface area (Å²) in [5.41, 5.74) is 2.69. The van der Waals surface area contributed by atoms with Gasteiger partial charge in [-0.05, 0) is 36.8 Å². The molecule has 3 heterocycles. The number of aromatic nitrogens is 3. The van der Waals surface area contributed by atoms with Crippen molar-refractivity contribution in [2.75, 3.05) is 13.7 Å². The van der Waals surface area contributed by atoms with Gasteiger partial charge in [0.05, 0.1) is 24.8 Å². The van der Waals surface area contributed by atoms with Crippen molar-refractivity contribution >= 4 is 16.9 Å². The molecular weight excluding hydrogens is 316 g/mol. The van der Waals surface area contributed by atoms with Gasteiger partial charge in [-0.25, -0.2) is 4.98 Å². The van der Waals surface area contributed by atoms with Gasteiger partial charge in [0.15, 0.2) is 0 Å². The third-order valence-electron chi connectivity index (χ3n) is 4.11. The summed E-state index contributed by atoms with van der Waals surface area (Å²) in [5.74, 6) is -0.0344. The summed E-state index contributed by atoms with van der Waals surface area (Å²) in [6.07, 6.45) is 5.78. The Hall–Kier alpha value is -2.73. The van der Waals surface area contributed by atoms with Gasteiger partial charge < -0.3 is 14.6 Å². The number of hydrogen-bond acceptors (Lipinski definition) is 4. The first-order valence-electron chi connectivity index (χ1n) is 8.31. The summed E-state index contributed by atoms with van der Waals surface area (Å²) in [4.78, 5) is 21.2. The molecule has 3 aromatic rings. The van der Waals surface area contributed by atoms with Crippen LogP contribution in [0.1, 0.15) is 24.2 Å². The first-order valence-corrected chi connectivity index (χ1v) is 8.31. The molecule has 25 heavy (non-hydrogen) atoms. The number of pyridine rings is 2. The number of carbonyl (C=O) groups is 1. The third kappa shape index (κ3) is 4.03. The van der Waals surface area contributed by atoms with Crippen LogP contribution < -0.4 is 5.32 Å². The molecule has 0 fully saturated rings. The van der Waals surface area contributed by atoms with Gasteiger partial charge >= 0.3 is 0 Å². The van der Waals surface area contributed by atoms with Gasteiger partial charge in [-0.3, -0.25) is 9.78 Å². The van der Waals surface area contributed by atoms with Crippen LogP contribution in [0, 0.1) is 0 Å². The van der Waals surface area contributed by atoms with E-state index in [0.717, 1.165) is 22.3 Å². The molecule has 0 aromatic carbocycles. The molecule has 1 amide bonds. The van der Waals surface area contributed by atoms with Crippen molar-refractivity contribution in [1.82, 2.24) is 19.9 Å². The molecule has 6 nitrogen and oxygen atoms in total. The molecule has 1 N–H and O–H groups in total. The largest absolute Gasteiger partial charge is 0.383 e. The van der Waals surface area contributed by atoms with E-state index in [4.69, 9.17) is 4.74 Å². The Kier molecular flexibility index (Phi) is 5.40. The summed E-state index contributed by atoms with van der Waals surface area (Å²) >= 11 is 0. The Morgan fingerprint density at radius 2 is 2.08 bits per heavy atom. The van der Waals surface area contributed by atoms with Crippen LogP contribution in [0.3, 0.4) is 0 Å². The Balaban J connectivity index is 1.75. The number of carbonyl (C=O) groups excluding carboxylic acids is 1. The van der Waals surface area contributed by atoms with Gasteiger partial charge in [0.25, 0.3) is 0 Å². The fourth-order valence-electron chi connectivity index (χ4n) is 2.87. The highest BCUT2D eigenvalue weighted by Crippen LogP contribution is 2.20. The molecule has 3 rings (SSSR count). The molecular formula is C19H22N4O2. The summed E-state index contributed by atoms with van der Waals surface area (Å²) < 4.78 is 7.18. The summed E-state index contributed by atoms with van der Waals surface area (Å²) in [6.45, 7) is 3.24. The lowest BCUT2D eigenvalue weighted by molar-refractivity contribution is -0.121. The maximum atomic E-state index is 12.5. The normalized spacial score (nSPS) is 12.2. The molecule has 0 bridgehead atoms. The van der Waals surface area contributed by atoms with Crippen LogP contribution in [0.2, 0.25) is 0 Å². The van der Waals surface area contributed by atoms with E-state index in [-0.39, 0.29) is 11.9 Å². The number of nitrogens with zero attached hydrogens (tertiary/aromatic N) is 3. The van der Waals surface area contributed by atoms with E-state index in [2.05, 4.69) is 15.3 Å². The lowest BCUT2D eigenvalue weighted by atomic mass is 10.1. The Bertz CT molecular complexity index is 845. The van der Waals surface area contributed by atoms with E-state index in [0.29, 0.717) is 19.6 Å². The molecule has 0 saturated carbocycles. The van der Waals surface area contributed by atoms with Crippen molar-refractivity contribution in [2.24, 2.45) is 0 Å². The second-order valence-corrected chi connectivity index (χ2v) is 5.94. The lowest BCUT2D eigenvalue weighted by Crippen LogP contribution is -2.28. The number of methoxy groups -OCH3 is 1. The van der Waals surface area contributed by atoms with Crippen LogP contribution in [0.5, 0.6) is 0 Å². The van der Waals surface area contributed by atoms with E-state index in [1.165, 1.54) is 0 Å². The fourth-order valence-corrected chi connectivity index (χ4v) is 2.87. The van der Waals surface area contributed by atoms with Gasteiger partial charge in [-0.1, -0.05) is 6.07 Å². The molecule has 0 saturated heterocycles. The van der Waals surface area contributed by atoms with E-state index < -0.39 is 0 Å². The minimum atomic E-state index is -0.131. The zero-order chi connectivity index (χ0) is 17.6. The first-order chi connectivity index (χ1) is 12.2. The zero-order valence-corrected chi connectivity index (χ0v) is 14.5. The van der Waals surface area contributed by atoms with Crippen molar-refractivity contribution in [3.05, 3.63) is 60.2 Å². The SMILES string of the molecule is COCCn1cc(CC(=O)NC(C)c2ccccn2)c2cccnc21. The van der Waals surface area contributed by atoms with Crippen LogP contribution in [0.4, 0.5) is 0 Å². The minimum absolute atomic E-state index is 0.0344. The van der Waals surface area contributed by atoms with Gasteiger partial charge in [-0.2, -0.15) is 0 Å².